The van der Waals surface area contributed by atoms with E-state index >= 15 is 0 Å². The van der Waals surface area contributed by atoms with E-state index in [0.717, 1.165) is 12.8 Å². The van der Waals surface area contributed by atoms with Crippen LogP contribution in [-0.2, 0) is 6.54 Å². The Morgan fingerprint density at radius 1 is 1.61 bits per heavy atom. The van der Waals surface area contributed by atoms with Crippen molar-refractivity contribution in [2.75, 3.05) is 0 Å². The van der Waals surface area contributed by atoms with Gasteiger partial charge in [-0.3, -0.25) is 0 Å². The van der Waals surface area contributed by atoms with Crippen LogP contribution in [0.3, 0.4) is 0 Å². The van der Waals surface area contributed by atoms with E-state index in [1.54, 1.807) is 0 Å². The minimum atomic E-state index is -0.926. The third kappa shape index (κ3) is 3.13. The Kier molecular flexibility index (Phi) is 3.76. The molecule has 0 radical (unpaired) electrons. The van der Waals surface area contributed by atoms with E-state index in [-0.39, 0.29) is 5.56 Å². The minimum Gasteiger partial charge on any atom is -0.478 e. The second kappa shape index (κ2) is 5.14. The van der Waals surface area contributed by atoms with Gasteiger partial charge < -0.3 is 14.8 Å². The Hall–Kier alpha value is -1.29. The topological polar surface area (TPSA) is 62.5 Å². The van der Waals surface area contributed by atoms with Gasteiger partial charge >= 0.3 is 5.97 Å². The molecule has 1 saturated carbocycles. The van der Waals surface area contributed by atoms with Crippen LogP contribution in [-0.4, -0.2) is 17.1 Å². The van der Waals surface area contributed by atoms with Gasteiger partial charge in [0.15, 0.2) is 0 Å². The zero-order valence-corrected chi connectivity index (χ0v) is 11.0. The molecule has 1 aromatic rings. The second-order valence-electron chi connectivity index (χ2n) is 5.90. The molecule has 100 valence electrons. The molecule has 1 heterocycles. The average molecular weight is 251 g/mol. The molecule has 1 aliphatic carbocycles. The fourth-order valence-electron chi connectivity index (χ4n) is 2.78. The number of hydrogen-bond acceptors (Lipinski definition) is 3. The van der Waals surface area contributed by atoms with Crippen molar-refractivity contribution in [1.29, 1.82) is 0 Å². The average Bonchev–Trinajstić information content (AvgIpc) is 2.73. The number of carboxylic acids is 1. The number of carboxylic acid groups (broad SMARTS) is 1. The number of aromatic carboxylic acids is 1. The lowest BCUT2D eigenvalue weighted by atomic mass is 9.75. The zero-order chi connectivity index (χ0) is 13.2. The third-order valence-electron chi connectivity index (χ3n) is 3.73. The molecule has 0 spiro atoms. The summed E-state index contributed by atoms with van der Waals surface area (Å²) in [4.78, 5) is 10.9. The van der Waals surface area contributed by atoms with Crippen LogP contribution in [0.25, 0.3) is 0 Å². The van der Waals surface area contributed by atoms with Gasteiger partial charge in [0.1, 0.15) is 11.3 Å². The van der Waals surface area contributed by atoms with Crippen molar-refractivity contribution in [2.45, 2.75) is 52.1 Å². The number of rotatable bonds is 4. The molecule has 0 aromatic carbocycles. The number of hydrogen-bond donors (Lipinski definition) is 2. The molecule has 1 atom stereocenters. The Labute approximate surface area is 107 Å². The molecule has 0 saturated heterocycles. The van der Waals surface area contributed by atoms with Gasteiger partial charge in [0.05, 0.1) is 12.8 Å². The SMILES string of the molecule is CC1(C)CCCC(NCc2occc2C(=O)O)C1. The van der Waals surface area contributed by atoms with Crippen molar-refractivity contribution in [3.63, 3.8) is 0 Å². The fraction of sp³-hybridized carbons (Fsp3) is 0.643. The summed E-state index contributed by atoms with van der Waals surface area (Å²) in [7, 11) is 0. The molecule has 0 aliphatic heterocycles. The largest absolute Gasteiger partial charge is 0.478 e. The molecule has 2 N–H and O–H groups in total. The fourth-order valence-corrected chi connectivity index (χ4v) is 2.78. The summed E-state index contributed by atoms with van der Waals surface area (Å²) >= 11 is 0. The number of carbonyl (C=O) groups is 1. The van der Waals surface area contributed by atoms with Gasteiger partial charge in [-0.25, -0.2) is 4.79 Å². The molecule has 4 nitrogen and oxygen atoms in total. The van der Waals surface area contributed by atoms with E-state index in [9.17, 15) is 4.79 Å². The molecule has 1 aromatic heterocycles. The predicted molar refractivity (Wildman–Crippen MR) is 68.5 cm³/mol. The normalized spacial score (nSPS) is 22.9. The summed E-state index contributed by atoms with van der Waals surface area (Å²) in [6.45, 7) is 5.07. The van der Waals surface area contributed by atoms with Crippen molar-refractivity contribution in [3.05, 3.63) is 23.7 Å². The number of nitrogens with one attached hydrogen (secondary N) is 1. The molecule has 1 aliphatic rings. The first-order valence-electron chi connectivity index (χ1n) is 6.51. The van der Waals surface area contributed by atoms with Gasteiger partial charge in [-0.1, -0.05) is 20.3 Å². The van der Waals surface area contributed by atoms with Crippen LogP contribution < -0.4 is 5.32 Å². The quantitative estimate of drug-likeness (QED) is 0.863. The molecule has 1 fully saturated rings. The molecule has 1 unspecified atom stereocenters. The highest BCUT2D eigenvalue weighted by Gasteiger charge is 2.28. The van der Waals surface area contributed by atoms with Crippen molar-refractivity contribution < 1.29 is 14.3 Å². The van der Waals surface area contributed by atoms with E-state index in [4.69, 9.17) is 9.52 Å². The van der Waals surface area contributed by atoms with Gasteiger partial charge in [-0.2, -0.15) is 0 Å². The van der Waals surface area contributed by atoms with Gasteiger partial charge in [-0.05, 0) is 30.7 Å². The van der Waals surface area contributed by atoms with E-state index < -0.39 is 5.97 Å². The van der Waals surface area contributed by atoms with E-state index in [1.165, 1.54) is 25.2 Å². The van der Waals surface area contributed by atoms with Crippen LogP contribution in [0.1, 0.15) is 55.6 Å². The summed E-state index contributed by atoms with van der Waals surface area (Å²) in [5.74, 6) is -0.407. The van der Waals surface area contributed by atoms with Gasteiger partial charge in [-0.15, -0.1) is 0 Å². The highest BCUT2D eigenvalue weighted by atomic mass is 16.4. The van der Waals surface area contributed by atoms with Crippen LogP contribution in [0.4, 0.5) is 0 Å². The standard InChI is InChI=1S/C14H21NO3/c1-14(2)6-3-4-10(8-14)15-9-12-11(13(16)17)5-7-18-12/h5,7,10,15H,3-4,6,8-9H2,1-2H3,(H,16,17). The lowest BCUT2D eigenvalue weighted by Crippen LogP contribution is -2.37. The molecule has 0 amide bonds. The summed E-state index contributed by atoms with van der Waals surface area (Å²) in [6.07, 6.45) is 6.23. The summed E-state index contributed by atoms with van der Waals surface area (Å²) in [6, 6.07) is 1.96. The Bertz CT molecular complexity index is 422. The summed E-state index contributed by atoms with van der Waals surface area (Å²) in [5, 5.41) is 12.4. The second-order valence-corrected chi connectivity index (χ2v) is 5.90. The molecule has 18 heavy (non-hydrogen) atoms. The minimum absolute atomic E-state index is 0.262. The Morgan fingerprint density at radius 2 is 2.39 bits per heavy atom. The smallest absolute Gasteiger partial charge is 0.339 e. The molecule has 4 heteroatoms. The maximum atomic E-state index is 10.9. The van der Waals surface area contributed by atoms with Crippen LogP contribution in [0, 0.1) is 5.41 Å². The maximum absolute atomic E-state index is 10.9. The molecular weight excluding hydrogens is 230 g/mol. The monoisotopic (exact) mass is 251 g/mol. The Morgan fingerprint density at radius 3 is 3.06 bits per heavy atom. The highest BCUT2D eigenvalue weighted by Crippen LogP contribution is 2.35. The lowest BCUT2D eigenvalue weighted by Gasteiger charge is -2.35. The summed E-state index contributed by atoms with van der Waals surface area (Å²) in [5.41, 5.74) is 0.645. The van der Waals surface area contributed by atoms with E-state index in [0.29, 0.717) is 23.8 Å². The third-order valence-corrected chi connectivity index (χ3v) is 3.73. The first kappa shape index (κ1) is 13.1. The lowest BCUT2D eigenvalue weighted by molar-refractivity contribution is 0.0693. The van der Waals surface area contributed by atoms with Crippen molar-refractivity contribution in [1.82, 2.24) is 5.32 Å². The van der Waals surface area contributed by atoms with Gasteiger partial charge in [0.25, 0.3) is 0 Å². The van der Waals surface area contributed by atoms with Gasteiger partial charge in [0.2, 0.25) is 0 Å². The molecule has 2 rings (SSSR count). The summed E-state index contributed by atoms with van der Waals surface area (Å²) < 4.78 is 5.23. The molecular formula is C14H21NO3. The Balaban J connectivity index is 1.91. The predicted octanol–water partition coefficient (Wildman–Crippen LogP) is 3.04. The van der Waals surface area contributed by atoms with E-state index in [2.05, 4.69) is 19.2 Å². The van der Waals surface area contributed by atoms with E-state index in [1.807, 2.05) is 0 Å². The van der Waals surface area contributed by atoms with Crippen LogP contribution in [0.2, 0.25) is 0 Å². The van der Waals surface area contributed by atoms with Crippen molar-refractivity contribution in [3.8, 4) is 0 Å². The first-order valence-corrected chi connectivity index (χ1v) is 6.51. The van der Waals surface area contributed by atoms with Crippen LogP contribution in [0.15, 0.2) is 16.7 Å². The van der Waals surface area contributed by atoms with Crippen molar-refractivity contribution >= 4 is 5.97 Å². The highest BCUT2D eigenvalue weighted by molar-refractivity contribution is 5.88. The van der Waals surface area contributed by atoms with Crippen molar-refractivity contribution in [2.24, 2.45) is 5.41 Å². The van der Waals surface area contributed by atoms with Crippen LogP contribution in [0.5, 0.6) is 0 Å². The first-order chi connectivity index (χ1) is 8.48. The maximum Gasteiger partial charge on any atom is 0.339 e. The molecule has 0 bridgehead atoms. The van der Waals surface area contributed by atoms with Crippen LogP contribution >= 0.6 is 0 Å². The van der Waals surface area contributed by atoms with Gasteiger partial charge in [0, 0.05) is 6.04 Å². The number of furan rings is 1. The zero-order valence-electron chi connectivity index (χ0n) is 11.0.